The molecule has 7 nitrogen and oxygen atoms in total. The molecule has 0 radical (unpaired) electrons. The average Bonchev–Trinajstić information content (AvgIpc) is 2.79. The van der Waals surface area contributed by atoms with E-state index in [4.69, 9.17) is 11.5 Å². The molecule has 0 aliphatic rings. The third-order valence-corrected chi connectivity index (χ3v) is 3.67. The highest BCUT2D eigenvalue weighted by Crippen LogP contribution is 2.28. The third-order valence-electron chi connectivity index (χ3n) is 2.85. The van der Waals surface area contributed by atoms with Crippen molar-refractivity contribution in [2.45, 2.75) is 0 Å². The first-order valence-corrected chi connectivity index (χ1v) is 6.65. The summed E-state index contributed by atoms with van der Waals surface area (Å²) in [5, 5.41) is 17.3. The van der Waals surface area contributed by atoms with Crippen LogP contribution >= 0.6 is 22.6 Å². The molecule has 0 aliphatic carbocycles. The number of nitriles is 1. The molecule has 0 fully saturated rings. The lowest BCUT2D eigenvalue weighted by atomic mass is 10.1. The minimum atomic E-state index is 0.0354. The Morgan fingerprint density at radius 1 is 1.25 bits per heavy atom. The predicted octanol–water partition coefficient (Wildman–Crippen LogP) is 1.66. The van der Waals surface area contributed by atoms with Crippen LogP contribution in [0.3, 0.4) is 0 Å². The summed E-state index contributed by atoms with van der Waals surface area (Å²) >= 11 is 2.17. The van der Waals surface area contributed by atoms with Crippen LogP contribution in [0.15, 0.2) is 18.2 Å². The van der Waals surface area contributed by atoms with Crippen molar-refractivity contribution >= 4 is 45.3 Å². The summed E-state index contributed by atoms with van der Waals surface area (Å²) in [6.45, 7) is 0. The van der Waals surface area contributed by atoms with E-state index in [0.29, 0.717) is 5.69 Å². The number of fused-ring (bicyclic) bond motifs is 1. The SMILES string of the molecule is N#Cc1c(N)nc(N)nc1-c1ccc2c(I)[nH]nc2c1. The Kier molecular flexibility index (Phi) is 2.90. The second kappa shape index (κ2) is 4.61. The third kappa shape index (κ3) is 1.92. The molecule has 1 aromatic carbocycles. The number of nitrogens with zero attached hydrogens (tertiary/aromatic N) is 4. The average molecular weight is 377 g/mol. The van der Waals surface area contributed by atoms with Crippen molar-refractivity contribution in [3.05, 3.63) is 27.5 Å². The van der Waals surface area contributed by atoms with Gasteiger partial charge in [-0.05, 0) is 34.7 Å². The van der Waals surface area contributed by atoms with E-state index in [1.54, 1.807) is 0 Å². The topological polar surface area (TPSA) is 130 Å². The van der Waals surface area contributed by atoms with Crippen molar-refractivity contribution in [2.75, 3.05) is 11.5 Å². The quantitative estimate of drug-likeness (QED) is 0.553. The number of nitrogen functional groups attached to an aromatic ring is 2. The molecule has 0 unspecified atom stereocenters. The van der Waals surface area contributed by atoms with E-state index in [1.807, 2.05) is 24.3 Å². The van der Waals surface area contributed by atoms with Gasteiger partial charge in [0.1, 0.15) is 21.2 Å². The number of nitrogens with two attached hydrogens (primary N) is 2. The van der Waals surface area contributed by atoms with Crippen molar-refractivity contribution < 1.29 is 0 Å². The van der Waals surface area contributed by atoms with Gasteiger partial charge in [0.2, 0.25) is 5.95 Å². The van der Waals surface area contributed by atoms with E-state index < -0.39 is 0 Å². The molecule has 3 aromatic rings. The molecule has 0 saturated heterocycles. The largest absolute Gasteiger partial charge is 0.382 e. The van der Waals surface area contributed by atoms with Crippen molar-refractivity contribution in [2.24, 2.45) is 0 Å². The summed E-state index contributed by atoms with van der Waals surface area (Å²) in [5.41, 5.74) is 13.4. The number of H-pyrrole nitrogens is 1. The number of aromatic amines is 1. The van der Waals surface area contributed by atoms with Crippen LogP contribution in [0.4, 0.5) is 11.8 Å². The number of benzene rings is 1. The number of rotatable bonds is 1. The van der Waals surface area contributed by atoms with E-state index in [1.165, 1.54) is 0 Å². The summed E-state index contributed by atoms with van der Waals surface area (Å²) in [5.74, 6) is 0.111. The maximum absolute atomic E-state index is 9.20. The Labute approximate surface area is 127 Å². The molecule has 0 aliphatic heterocycles. The summed E-state index contributed by atoms with van der Waals surface area (Å²) < 4.78 is 0.950. The van der Waals surface area contributed by atoms with E-state index in [2.05, 4.69) is 42.8 Å². The number of hydrogen-bond donors (Lipinski definition) is 3. The first-order valence-electron chi connectivity index (χ1n) is 5.57. The van der Waals surface area contributed by atoms with Crippen LogP contribution < -0.4 is 11.5 Å². The lowest BCUT2D eigenvalue weighted by molar-refractivity contribution is 1.09. The zero-order valence-electron chi connectivity index (χ0n) is 10.1. The first-order chi connectivity index (χ1) is 9.60. The van der Waals surface area contributed by atoms with Crippen molar-refractivity contribution in [3.63, 3.8) is 0 Å². The van der Waals surface area contributed by atoms with Crippen molar-refractivity contribution in [1.82, 2.24) is 20.2 Å². The minimum absolute atomic E-state index is 0.0354. The van der Waals surface area contributed by atoms with Gasteiger partial charge in [0.25, 0.3) is 0 Å². The van der Waals surface area contributed by atoms with E-state index in [9.17, 15) is 5.26 Å². The van der Waals surface area contributed by atoms with E-state index >= 15 is 0 Å². The van der Waals surface area contributed by atoms with Gasteiger partial charge in [0, 0.05) is 10.9 Å². The second-order valence-corrected chi connectivity index (χ2v) is 5.15. The zero-order valence-corrected chi connectivity index (χ0v) is 12.2. The maximum Gasteiger partial charge on any atom is 0.222 e. The van der Waals surface area contributed by atoms with Gasteiger partial charge < -0.3 is 11.5 Å². The number of halogens is 1. The summed E-state index contributed by atoms with van der Waals surface area (Å²) in [4.78, 5) is 7.91. The number of nitrogens with one attached hydrogen (secondary N) is 1. The number of anilines is 2. The van der Waals surface area contributed by atoms with Gasteiger partial charge in [-0.1, -0.05) is 6.07 Å². The van der Waals surface area contributed by atoms with Gasteiger partial charge >= 0.3 is 0 Å². The Morgan fingerprint density at radius 3 is 2.80 bits per heavy atom. The Morgan fingerprint density at radius 2 is 2.05 bits per heavy atom. The van der Waals surface area contributed by atoms with E-state index in [0.717, 1.165) is 20.2 Å². The standard InChI is InChI=1S/C12H8IN7/c13-10-6-2-1-5(3-8(6)19-20-10)9-7(4-14)11(15)18-12(16)17-9/h1-3H,(H,19,20)(H4,15,16,17,18). The van der Waals surface area contributed by atoms with Crippen LogP contribution in [0.25, 0.3) is 22.2 Å². The molecule has 98 valence electrons. The summed E-state index contributed by atoms with van der Waals surface area (Å²) in [7, 11) is 0. The second-order valence-electron chi connectivity index (χ2n) is 4.07. The minimum Gasteiger partial charge on any atom is -0.382 e. The normalized spacial score (nSPS) is 10.6. The molecule has 5 N–H and O–H groups in total. The van der Waals surface area contributed by atoms with Crippen LogP contribution in [-0.4, -0.2) is 20.2 Å². The fourth-order valence-corrected chi connectivity index (χ4v) is 2.52. The van der Waals surface area contributed by atoms with Crippen LogP contribution in [0, 0.1) is 15.0 Å². The lowest BCUT2D eigenvalue weighted by Gasteiger charge is -2.06. The molecule has 0 spiro atoms. The van der Waals surface area contributed by atoms with Gasteiger partial charge in [-0.15, -0.1) is 0 Å². The molecule has 8 heteroatoms. The smallest absolute Gasteiger partial charge is 0.222 e. The molecule has 0 amide bonds. The molecule has 0 atom stereocenters. The van der Waals surface area contributed by atoms with E-state index in [-0.39, 0.29) is 17.3 Å². The van der Waals surface area contributed by atoms with Gasteiger partial charge in [0.15, 0.2) is 0 Å². The van der Waals surface area contributed by atoms with Gasteiger partial charge in [-0.25, -0.2) is 4.98 Å². The molecule has 0 saturated carbocycles. The van der Waals surface area contributed by atoms with Crippen molar-refractivity contribution in [1.29, 1.82) is 5.26 Å². The van der Waals surface area contributed by atoms with Gasteiger partial charge in [0.05, 0.1) is 11.2 Å². The van der Waals surface area contributed by atoms with Gasteiger partial charge in [-0.2, -0.15) is 15.3 Å². The molecule has 2 heterocycles. The van der Waals surface area contributed by atoms with Crippen LogP contribution in [0.2, 0.25) is 0 Å². The predicted molar refractivity (Wildman–Crippen MR) is 83.4 cm³/mol. The fourth-order valence-electron chi connectivity index (χ4n) is 1.94. The highest BCUT2D eigenvalue weighted by Gasteiger charge is 2.14. The van der Waals surface area contributed by atoms with Crippen LogP contribution in [0.1, 0.15) is 5.56 Å². The summed E-state index contributed by atoms with van der Waals surface area (Å²) in [6, 6.07) is 7.59. The highest BCUT2D eigenvalue weighted by atomic mass is 127. The summed E-state index contributed by atoms with van der Waals surface area (Å²) in [6.07, 6.45) is 0. The molecule has 20 heavy (non-hydrogen) atoms. The zero-order chi connectivity index (χ0) is 14.3. The van der Waals surface area contributed by atoms with Crippen LogP contribution in [-0.2, 0) is 0 Å². The molecule has 0 bridgehead atoms. The molecule has 3 rings (SSSR count). The fraction of sp³-hybridized carbons (Fsp3) is 0. The molecular weight excluding hydrogens is 369 g/mol. The number of hydrogen-bond acceptors (Lipinski definition) is 6. The number of aromatic nitrogens is 4. The van der Waals surface area contributed by atoms with Gasteiger partial charge in [-0.3, -0.25) is 5.10 Å². The lowest BCUT2D eigenvalue weighted by Crippen LogP contribution is -2.04. The molecule has 2 aromatic heterocycles. The van der Waals surface area contributed by atoms with Crippen LogP contribution in [0.5, 0.6) is 0 Å². The molecular formula is C12H8IN7. The maximum atomic E-state index is 9.20. The first kappa shape index (κ1) is 12.6. The monoisotopic (exact) mass is 377 g/mol. The Hall–Kier alpha value is -2.41. The van der Waals surface area contributed by atoms with Crippen molar-refractivity contribution in [3.8, 4) is 17.3 Å². The Balaban J connectivity index is 2.28. The highest BCUT2D eigenvalue weighted by molar-refractivity contribution is 14.1. The Bertz CT molecular complexity index is 862.